The van der Waals surface area contributed by atoms with Gasteiger partial charge in [0.1, 0.15) is 22.3 Å². The molecule has 0 amide bonds. The van der Waals surface area contributed by atoms with E-state index in [0.29, 0.717) is 53.6 Å². The number of nitrogens with zero attached hydrogens (tertiary/aromatic N) is 6. The molecule has 4 aliphatic heterocycles. The number of nitrogens with one attached hydrogen (secondary N) is 2. The minimum atomic E-state index is -3.58. The minimum absolute atomic E-state index is 0.259. The maximum absolute atomic E-state index is 12.5. The number of piperidine rings is 1. The average Bonchev–Trinajstić information content (AvgIpc) is 3.07. The lowest BCUT2D eigenvalue weighted by Gasteiger charge is -2.42. The number of fused-ring (bicyclic) bond motifs is 7. The molecule has 1 aromatic heterocycles. The number of methoxy groups -OCH3 is 1. The van der Waals surface area contributed by atoms with Crippen molar-refractivity contribution in [3.05, 3.63) is 41.6 Å². The number of hydrogen-bond acceptors (Lipinski definition) is 12. The number of sulfonamides is 1. The Morgan fingerprint density at radius 1 is 0.979 bits per heavy atom. The molecule has 2 fully saturated rings. The Labute approximate surface area is 288 Å². The molecule has 2 N–H and O–H groups in total. The molecule has 0 saturated carbocycles. The zero-order chi connectivity index (χ0) is 33.8. The van der Waals surface area contributed by atoms with Gasteiger partial charge < -0.3 is 34.6 Å². The van der Waals surface area contributed by atoms with Gasteiger partial charge >= 0.3 is 0 Å². The van der Waals surface area contributed by atoms with E-state index in [-0.39, 0.29) is 11.0 Å². The molecular formula is C33H45ClN8O5S. The average molecular weight is 701 g/mol. The molecular weight excluding hydrogens is 656 g/mol. The fourth-order valence-corrected chi connectivity index (χ4v) is 6.97. The van der Waals surface area contributed by atoms with Gasteiger partial charge in [0.25, 0.3) is 0 Å². The van der Waals surface area contributed by atoms with E-state index in [1.807, 2.05) is 12.1 Å². The van der Waals surface area contributed by atoms with Gasteiger partial charge in [0.05, 0.1) is 55.5 Å². The molecule has 13 nitrogen and oxygen atoms in total. The Morgan fingerprint density at radius 3 is 2.42 bits per heavy atom. The molecule has 7 rings (SSSR count). The maximum atomic E-state index is 12.5. The molecule has 0 unspecified atom stereocenters. The highest BCUT2D eigenvalue weighted by atomic mass is 35.5. The van der Waals surface area contributed by atoms with Gasteiger partial charge in [-0.2, -0.15) is 4.98 Å². The van der Waals surface area contributed by atoms with Crippen molar-refractivity contribution in [2.24, 2.45) is 0 Å². The van der Waals surface area contributed by atoms with Crippen LogP contribution in [0.15, 0.2) is 36.5 Å². The largest absolute Gasteiger partial charge is 0.494 e. The van der Waals surface area contributed by atoms with Crippen LogP contribution in [0.25, 0.3) is 0 Å². The Morgan fingerprint density at radius 2 is 1.71 bits per heavy atom. The third-order valence-electron chi connectivity index (χ3n) is 9.26. The van der Waals surface area contributed by atoms with Crippen molar-refractivity contribution in [2.75, 3.05) is 99.8 Å². The van der Waals surface area contributed by atoms with Gasteiger partial charge in [-0.25, -0.2) is 13.4 Å². The Bertz CT molecular complexity index is 1700. The second-order valence-electron chi connectivity index (χ2n) is 12.5. The number of benzene rings is 2. The highest BCUT2D eigenvalue weighted by molar-refractivity contribution is 7.92. The number of anilines is 6. The van der Waals surface area contributed by atoms with Crippen LogP contribution < -0.4 is 34.0 Å². The molecule has 5 heterocycles. The molecule has 0 atom stereocenters. The van der Waals surface area contributed by atoms with Crippen LogP contribution in [0, 0.1) is 0 Å². The van der Waals surface area contributed by atoms with E-state index < -0.39 is 10.0 Å². The van der Waals surface area contributed by atoms with Crippen molar-refractivity contribution in [3.8, 4) is 17.2 Å². The lowest BCUT2D eigenvalue weighted by Crippen LogP contribution is -2.52. The van der Waals surface area contributed by atoms with Gasteiger partial charge in [0.2, 0.25) is 16.0 Å². The van der Waals surface area contributed by atoms with Gasteiger partial charge in [-0.1, -0.05) is 11.6 Å². The van der Waals surface area contributed by atoms with Crippen molar-refractivity contribution in [1.29, 1.82) is 0 Å². The minimum Gasteiger partial charge on any atom is -0.494 e. The first-order valence-electron chi connectivity index (χ1n) is 16.4. The second-order valence-corrected chi connectivity index (χ2v) is 15.0. The second kappa shape index (κ2) is 14.8. The predicted octanol–water partition coefficient (Wildman–Crippen LogP) is 4.79. The molecule has 0 spiro atoms. The van der Waals surface area contributed by atoms with Crippen LogP contribution in [0.1, 0.15) is 25.7 Å². The predicted molar refractivity (Wildman–Crippen MR) is 191 cm³/mol. The van der Waals surface area contributed by atoms with Crippen LogP contribution in [0.2, 0.25) is 5.02 Å². The monoisotopic (exact) mass is 700 g/mol. The normalized spacial score (nSPS) is 18.5. The summed E-state index contributed by atoms with van der Waals surface area (Å²) in [6, 6.07) is 9.78. The Hall–Kier alpha value is -3.72. The molecule has 2 saturated heterocycles. The van der Waals surface area contributed by atoms with Crippen LogP contribution >= 0.6 is 11.6 Å². The van der Waals surface area contributed by atoms with E-state index in [9.17, 15) is 8.42 Å². The van der Waals surface area contributed by atoms with Crippen LogP contribution in [0.4, 0.5) is 34.5 Å². The lowest BCUT2D eigenvalue weighted by atomic mass is 10.0. The number of likely N-dealkylation sites (N-methyl/N-ethyl adjacent to an activating group) is 1. The van der Waals surface area contributed by atoms with Crippen molar-refractivity contribution in [1.82, 2.24) is 19.8 Å². The summed E-state index contributed by atoms with van der Waals surface area (Å²) in [4.78, 5) is 16.5. The van der Waals surface area contributed by atoms with Crippen LogP contribution in [0.3, 0.4) is 0 Å². The number of piperazine rings is 1. The SMILES string of the molecule is COc1cc(N2CCC(N3CCN(C)CC3)CC2)c2cc1Nc1ncc(Cl)c(n1)Nc1ccc(cc1N(C)S(C)(=O)=O)OCCCCO2. The van der Waals surface area contributed by atoms with E-state index >= 15 is 0 Å². The summed E-state index contributed by atoms with van der Waals surface area (Å²) < 4.78 is 44.6. The molecule has 260 valence electrons. The molecule has 0 aliphatic carbocycles. The fourth-order valence-electron chi connectivity index (χ4n) is 6.32. The van der Waals surface area contributed by atoms with Crippen LogP contribution in [-0.2, 0) is 10.0 Å². The zero-order valence-electron chi connectivity index (χ0n) is 28.0. The first kappa shape index (κ1) is 34.2. The zero-order valence-corrected chi connectivity index (χ0v) is 29.6. The number of aromatic nitrogens is 2. The fraction of sp³-hybridized carbons (Fsp3) is 0.515. The highest BCUT2D eigenvalue weighted by Crippen LogP contribution is 2.42. The number of ether oxygens (including phenoxy) is 3. The maximum Gasteiger partial charge on any atom is 0.232 e. The summed E-state index contributed by atoms with van der Waals surface area (Å²) in [6.45, 7) is 7.30. The van der Waals surface area contributed by atoms with E-state index in [2.05, 4.69) is 42.3 Å². The Balaban J connectivity index is 1.29. The molecule has 0 radical (unpaired) electrons. The van der Waals surface area contributed by atoms with E-state index in [0.717, 1.165) is 82.6 Å². The molecule has 4 aliphatic rings. The standard InChI is InChI=1S/C33H45ClN8O5S/c1-39-13-15-41(16-14-39)23-9-11-42(12-10-23)29-21-30(45-3)27-20-31(29)47-18-6-5-17-46-24-7-8-26(28(19-24)40(2)48(4,43)44)36-32-25(34)22-35-33(37-27)38-32/h7-8,19-23H,5-6,9-18H2,1-4H3,(H2,35,36,37,38). The third kappa shape index (κ3) is 7.94. The molecule has 3 aromatic rings. The summed E-state index contributed by atoms with van der Waals surface area (Å²) >= 11 is 6.53. The van der Waals surface area contributed by atoms with E-state index in [4.69, 9.17) is 25.8 Å². The molecule has 15 heteroatoms. The quantitative estimate of drug-likeness (QED) is 0.380. The first-order valence-corrected chi connectivity index (χ1v) is 18.6. The van der Waals surface area contributed by atoms with E-state index in [1.54, 1.807) is 25.3 Å². The van der Waals surface area contributed by atoms with Gasteiger partial charge in [0, 0.05) is 70.6 Å². The van der Waals surface area contributed by atoms with Crippen molar-refractivity contribution >= 4 is 56.1 Å². The van der Waals surface area contributed by atoms with Crippen LogP contribution in [0.5, 0.6) is 17.2 Å². The highest BCUT2D eigenvalue weighted by Gasteiger charge is 2.29. The topological polar surface area (TPSA) is 125 Å². The van der Waals surface area contributed by atoms with Crippen molar-refractivity contribution in [3.63, 3.8) is 0 Å². The van der Waals surface area contributed by atoms with Crippen molar-refractivity contribution < 1.29 is 22.6 Å². The summed E-state index contributed by atoms with van der Waals surface area (Å²) in [6.07, 6.45) is 6.33. The molecule has 6 bridgehead atoms. The third-order valence-corrected chi connectivity index (χ3v) is 10.7. The van der Waals surface area contributed by atoms with Crippen LogP contribution in [-0.4, -0.2) is 114 Å². The first-order chi connectivity index (χ1) is 23.1. The molecule has 2 aromatic carbocycles. The van der Waals surface area contributed by atoms with E-state index in [1.165, 1.54) is 17.5 Å². The number of halogens is 1. The smallest absolute Gasteiger partial charge is 0.232 e. The van der Waals surface area contributed by atoms with Gasteiger partial charge in [0.15, 0.2) is 5.82 Å². The summed E-state index contributed by atoms with van der Waals surface area (Å²) in [5.74, 6) is 2.50. The number of rotatable bonds is 5. The van der Waals surface area contributed by atoms with Crippen molar-refractivity contribution in [2.45, 2.75) is 31.7 Å². The van der Waals surface area contributed by atoms with Gasteiger partial charge in [-0.3, -0.25) is 9.21 Å². The summed E-state index contributed by atoms with van der Waals surface area (Å²) in [7, 11) is 1.75. The summed E-state index contributed by atoms with van der Waals surface area (Å²) in [5, 5.41) is 6.74. The number of hydrogen-bond donors (Lipinski definition) is 2. The van der Waals surface area contributed by atoms with Gasteiger partial charge in [-0.15, -0.1) is 0 Å². The van der Waals surface area contributed by atoms with Gasteiger partial charge in [-0.05, 0) is 44.9 Å². The molecule has 48 heavy (non-hydrogen) atoms. The summed E-state index contributed by atoms with van der Waals surface area (Å²) in [5.41, 5.74) is 2.51. The lowest BCUT2D eigenvalue weighted by molar-refractivity contribution is 0.0981. The Kier molecular flexibility index (Phi) is 10.5.